The first-order chi connectivity index (χ1) is 12.6. The van der Waals surface area contributed by atoms with Gasteiger partial charge in [-0.1, -0.05) is 24.3 Å². The molecular weight excluding hydrogens is 401 g/mol. The Morgan fingerprint density at radius 3 is 2.88 bits per heavy atom. The predicted octanol–water partition coefficient (Wildman–Crippen LogP) is 2.77. The lowest BCUT2D eigenvalue weighted by Gasteiger charge is -2.37. The quantitative estimate of drug-likeness (QED) is 0.750. The summed E-state index contributed by atoms with van der Waals surface area (Å²) in [4.78, 5) is 20.7. The van der Waals surface area contributed by atoms with Gasteiger partial charge in [-0.2, -0.15) is 0 Å². The Hall–Kier alpha value is -1.99. The van der Waals surface area contributed by atoms with E-state index in [1.165, 1.54) is 17.2 Å². The van der Waals surface area contributed by atoms with Gasteiger partial charge < -0.3 is 14.5 Å². The van der Waals surface area contributed by atoms with Gasteiger partial charge in [0, 0.05) is 30.3 Å². The smallest absolute Gasteiger partial charge is 0.253 e. The van der Waals surface area contributed by atoms with E-state index in [1.54, 1.807) is 11.1 Å². The van der Waals surface area contributed by atoms with Gasteiger partial charge in [0.25, 0.3) is 5.91 Å². The molecule has 0 saturated carbocycles. The van der Waals surface area contributed by atoms with E-state index in [-0.39, 0.29) is 11.7 Å². The molecule has 26 heavy (non-hydrogen) atoms. The van der Waals surface area contributed by atoms with Gasteiger partial charge in [0.1, 0.15) is 0 Å². The van der Waals surface area contributed by atoms with Crippen LogP contribution in [-0.2, 0) is 22.5 Å². The Morgan fingerprint density at radius 1 is 1.27 bits per heavy atom. The maximum atomic E-state index is 14.2. The number of rotatable bonds is 2. The largest absolute Gasteiger partial charge is 0.365 e. The number of carbonyl (C=O) groups is 1. The lowest BCUT2D eigenvalue weighted by molar-refractivity contribution is -0.145. The van der Waals surface area contributed by atoms with E-state index in [0.717, 1.165) is 6.42 Å². The highest BCUT2D eigenvalue weighted by atomic mass is 79.9. The number of halogens is 2. The molecule has 136 valence electrons. The number of anilines is 1. The normalized spacial score (nSPS) is 20.0. The summed E-state index contributed by atoms with van der Waals surface area (Å²) >= 11 is 3.21. The predicted molar refractivity (Wildman–Crippen MR) is 99.4 cm³/mol. The molecule has 7 heteroatoms. The van der Waals surface area contributed by atoms with Crippen molar-refractivity contribution in [2.45, 2.75) is 19.1 Å². The minimum absolute atomic E-state index is 0.0401. The lowest BCUT2D eigenvalue weighted by atomic mass is 9.99. The lowest BCUT2D eigenvalue weighted by Crippen LogP contribution is -2.52. The molecule has 1 amide bonds. The molecule has 2 aliphatic rings. The third-order valence-electron chi connectivity index (χ3n) is 4.87. The average molecular weight is 420 g/mol. The first-order valence-corrected chi connectivity index (χ1v) is 9.44. The molecule has 1 fully saturated rings. The van der Waals surface area contributed by atoms with Crippen LogP contribution in [0.5, 0.6) is 0 Å². The molecule has 1 aromatic heterocycles. The van der Waals surface area contributed by atoms with E-state index in [9.17, 15) is 9.18 Å². The van der Waals surface area contributed by atoms with E-state index < -0.39 is 11.9 Å². The van der Waals surface area contributed by atoms with Crippen LogP contribution in [0.25, 0.3) is 0 Å². The fourth-order valence-corrected chi connectivity index (χ4v) is 3.82. The molecule has 0 N–H and O–H groups in total. The fourth-order valence-electron chi connectivity index (χ4n) is 3.52. The number of aromatic nitrogens is 1. The number of ether oxygens (including phenoxy) is 1. The molecular formula is C19H19BrFN3O2. The number of hydrogen-bond donors (Lipinski definition) is 0. The van der Waals surface area contributed by atoms with Crippen LogP contribution in [0, 0.1) is 5.82 Å². The van der Waals surface area contributed by atoms with Crippen molar-refractivity contribution in [3.63, 3.8) is 0 Å². The third kappa shape index (κ3) is 3.46. The van der Waals surface area contributed by atoms with Crippen molar-refractivity contribution in [1.82, 2.24) is 9.88 Å². The minimum atomic E-state index is -0.598. The summed E-state index contributed by atoms with van der Waals surface area (Å²) in [5.74, 6) is -0.181. The highest BCUT2D eigenvalue weighted by molar-refractivity contribution is 9.10. The monoisotopic (exact) mass is 419 g/mol. The number of amides is 1. The average Bonchev–Trinajstić information content (AvgIpc) is 2.67. The maximum Gasteiger partial charge on any atom is 0.253 e. The van der Waals surface area contributed by atoms with E-state index in [1.807, 2.05) is 17.0 Å². The standard InChI is InChI=1S/C19H19BrFN3O2/c20-15-9-16(21)18(22-10-15)23-7-8-26-17(12-23)19(25)24-6-5-13-3-1-2-4-14(13)11-24/h1-4,9-10,17H,5-8,11-12H2. The summed E-state index contributed by atoms with van der Waals surface area (Å²) in [6, 6.07) is 9.57. The topological polar surface area (TPSA) is 45.7 Å². The molecule has 0 bridgehead atoms. The number of benzene rings is 1. The van der Waals surface area contributed by atoms with E-state index in [4.69, 9.17) is 4.74 Å². The minimum Gasteiger partial charge on any atom is -0.365 e. The van der Waals surface area contributed by atoms with Gasteiger partial charge in [-0.25, -0.2) is 9.37 Å². The Balaban J connectivity index is 1.47. The molecule has 2 aromatic rings. The molecule has 3 heterocycles. The van der Waals surface area contributed by atoms with Gasteiger partial charge in [0.05, 0.1) is 13.2 Å². The van der Waals surface area contributed by atoms with E-state index in [0.29, 0.717) is 37.3 Å². The van der Waals surface area contributed by atoms with Crippen LogP contribution in [0.15, 0.2) is 41.0 Å². The number of fused-ring (bicyclic) bond motifs is 1. The van der Waals surface area contributed by atoms with Gasteiger partial charge >= 0.3 is 0 Å². The molecule has 1 aromatic carbocycles. The Bertz CT molecular complexity index is 832. The van der Waals surface area contributed by atoms with E-state index >= 15 is 0 Å². The van der Waals surface area contributed by atoms with Crippen LogP contribution < -0.4 is 4.90 Å². The van der Waals surface area contributed by atoms with Crippen LogP contribution in [-0.4, -0.2) is 48.1 Å². The van der Waals surface area contributed by atoms with Crippen LogP contribution in [0.4, 0.5) is 10.2 Å². The van der Waals surface area contributed by atoms with E-state index in [2.05, 4.69) is 33.0 Å². The summed E-state index contributed by atoms with van der Waals surface area (Å²) in [5, 5.41) is 0. The fraction of sp³-hybridized carbons (Fsp3) is 0.368. The molecule has 0 radical (unpaired) electrons. The Labute approximate surface area is 159 Å². The highest BCUT2D eigenvalue weighted by Gasteiger charge is 2.33. The Kier molecular flexibility index (Phi) is 4.91. The molecule has 5 nitrogen and oxygen atoms in total. The van der Waals surface area contributed by atoms with Crippen molar-refractivity contribution in [1.29, 1.82) is 0 Å². The number of nitrogens with zero attached hydrogens (tertiary/aromatic N) is 3. The zero-order valence-electron chi connectivity index (χ0n) is 14.2. The van der Waals surface area contributed by atoms with Gasteiger partial charge in [0.2, 0.25) is 0 Å². The van der Waals surface area contributed by atoms with Gasteiger partial charge in [-0.15, -0.1) is 0 Å². The molecule has 1 atom stereocenters. The van der Waals surface area contributed by atoms with Crippen molar-refractivity contribution >= 4 is 27.7 Å². The molecule has 0 spiro atoms. The van der Waals surface area contributed by atoms with Crippen LogP contribution in [0.3, 0.4) is 0 Å². The van der Waals surface area contributed by atoms with Crippen LogP contribution >= 0.6 is 15.9 Å². The highest BCUT2D eigenvalue weighted by Crippen LogP contribution is 2.24. The van der Waals surface area contributed by atoms with Crippen molar-refractivity contribution in [3.8, 4) is 0 Å². The molecule has 0 aliphatic carbocycles. The Morgan fingerprint density at radius 2 is 2.08 bits per heavy atom. The van der Waals surface area contributed by atoms with Crippen LogP contribution in [0.1, 0.15) is 11.1 Å². The zero-order valence-corrected chi connectivity index (χ0v) is 15.8. The first-order valence-electron chi connectivity index (χ1n) is 8.65. The van der Waals surface area contributed by atoms with Gasteiger partial charge in [0.15, 0.2) is 17.7 Å². The van der Waals surface area contributed by atoms with Crippen molar-refractivity contribution in [3.05, 3.63) is 57.9 Å². The molecule has 1 saturated heterocycles. The maximum absolute atomic E-state index is 14.2. The summed E-state index contributed by atoms with van der Waals surface area (Å²) in [7, 11) is 0. The molecule has 4 rings (SSSR count). The summed E-state index contributed by atoms with van der Waals surface area (Å²) in [6.07, 6.45) is 1.81. The van der Waals surface area contributed by atoms with Crippen molar-refractivity contribution in [2.75, 3.05) is 31.1 Å². The third-order valence-corrected chi connectivity index (χ3v) is 5.31. The van der Waals surface area contributed by atoms with Crippen molar-refractivity contribution in [2.24, 2.45) is 0 Å². The second-order valence-corrected chi connectivity index (χ2v) is 7.46. The first kappa shape index (κ1) is 17.4. The summed E-state index contributed by atoms with van der Waals surface area (Å²) in [6.45, 7) is 2.47. The van der Waals surface area contributed by atoms with Crippen molar-refractivity contribution < 1.29 is 13.9 Å². The summed E-state index contributed by atoms with van der Waals surface area (Å²) in [5.41, 5.74) is 2.48. The van der Waals surface area contributed by atoms with Gasteiger partial charge in [-0.3, -0.25) is 4.79 Å². The molecule has 2 aliphatic heterocycles. The van der Waals surface area contributed by atoms with Gasteiger partial charge in [-0.05, 0) is 39.5 Å². The van der Waals surface area contributed by atoms with Crippen LogP contribution in [0.2, 0.25) is 0 Å². The summed E-state index contributed by atoms with van der Waals surface area (Å²) < 4.78 is 20.5. The second-order valence-electron chi connectivity index (χ2n) is 6.54. The second kappa shape index (κ2) is 7.32. The number of morpholine rings is 1. The molecule has 1 unspecified atom stereocenters. The zero-order chi connectivity index (χ0) is 18.1. The number of carbonyl (C=O) groups excluding carboxylic acids is 1. The number of pyridine rings is 1. The SMILES string of the molecule is O=C(C1CN(c2ncc(Br)cc2F)CCO1)N1CCc2ccccc2C1. The number of hydrogen-bond acceptors (Lipinski definition) is 4.